The van der Waals surface area contributed by atoms with Crippen LogP contribution in [0.3, 0.4) is 0 Å². The van der Waals surface area contributed by atoms with Gasteiger partial charge in [-0.3, -0.25) is 4.79 Å². The maximum atomic E-state index is 12.9. The molecule has 0 spiro atoms. The van der Waals surface area contributed by atoms with Crippen molar-refractivity contribution in [1.29, 1.82) is 0 Å². The van der Waals surface area contributed by atoms with E-state index in [1.54, 1.807) is 13.8 Å². The number of rotatable bonds is 8. The summed E-state index contributed by atoms with van der Waals surface area (Å²) >= 11 is 0. The molecule has 0 saturated heterocycles. The Hall–Kier alpha value is -2.89. The van der Waals surface area contributed by atoms with Gasteiger partial charge in [-0.15, -0.1) is 0 Å². The summed E-state index contributed by atoms with van der Waals surface area (Å²) in [5.41, 5.74) is 0.310. The average Bonchev–Trinajstić information content (AvgIpc) is 2.60. The van der Waals surface area contributed by atoms with Crippen molar-refractivity contribution >= 4 is 11.9 Å². The fourth-order valence-electron chi connectivity index (χ4n) is 2.47. The SMILES string of the molecule is CC(C)(Cc1ccccc1)C(=O)NCC(Oc1ccc(F)cc1)C(=O)O. The molecule has 5 nitrogen and oxygen atoms in total. The monoisotopic (exact) mass is 359 g/mol. The zero-order valence-corrected chi connectivity index (χ0v) is 14.7. The van der Waals surface area contributed by atoms with Gasteiger partial charge in [0.2, 0.25) is 12.0 Å². The standard InChI is InChI=1S/C20H22FNO4/c1-20(2,12-14-6-4-3-5-7-14)19(25)22-13-17(18(23)24)26-16-10-8-15(21)9-11-16/h3-11,17H,12-13H2,1-2H3,(H,22,25)(H,23,24). The van der Waals surface area contributed by atoms with Gasteiger partial charge in [0.1, 0.15) is 11.6 Å². The Morgan fingerprint density at radius 1 is 1.12 bits per heavy atom. The molecule has 0 aliphatic carbocycles. The molecule has 1 unspecified atom stereocenters. The number of nitrogens with one attached hydrogen (secondary N) is 1. The highest BCUT2D eigenvalue weighted by Gasteiger charge is 2.29. The summed E-state index contributed by atoms with van der Waals surface area (Å²) in [6, 6.07) is 14.6. The third-order valence-electron chi connectivity index (χ3n) is 3.92. The Morgan fingerprint density at radius 2 is 1.73 bits per heavy atom. The number of benzene rings is 2. The van der Waals surface area contributed by atoms with Gasteiger partial charge < -0.3 is 15.2 Å². The Labute approximate surface area is 151 Å². The largest absolute Gasteiger partial charge is 0.478 e. The van der Waals surface area contributed by atoms with E-state index in [9.17, 15) is 19.1 Å². The van der Waals surface area contributed by atoms with E-state index < -0.39 is 23.3 Å². The smallest absolute Gasteiger partial charge is 0.346 e. The molecule has 1 atom stereocenters. The van der Waals surface area contributed by atoms with E-state index in [0.29, 0.717) is 6.42 Å². The molecule has 2 rings (SSSR count). The van der Waals surface area contributed by atoms with E-state index >= 15 is 0 Å². The zero-order chi connectivity index (χ0) is 19.2. The quantitative estimate of drug-likeness (QED) is 0.760. The summed E-state index contributed by atoms with van der Waals surface area (Å²) in [4.78, 5) is 23.9. The van der Waals surface area contributed by atoms with Crippen molar-refractivity contribution in [3.8, 4) is 5.75 Å². The molecule has 0 aromatic heterocycles. The van der Waals surface area contributed by atoms with Crippen LogP contribution in [0.2, 0.25) is 0 Å². The van der Waals surface area contributed by atoms with Gasteiger partial charge in [-0.2, -0.15) is 0 Å². The van der Waals surface area contributed by atoms with E-state index in [2.05, 4.69) is 5.32 Å². The van der Waals surface area contributed by atoms with Crippen LogP contribution in [0, 0.1) is 11.2 Å². The maximum absolute atomic E-state index is 12.9. The van der Waals surface area contributed by atoms with Gasteiger partial charge in [-0.05, 0) is 36.2 Å². The Kier molecular flexibility index (Phi) is 6.33. The summed E-state index contributed by atoms with van der Waals surface area (Å²) in [5, 5.41) is 11.9. The number of hydrogen-bond donors (Lipinski definition) is 2. The van der Waals surface area contributed by atoms with Crippen LogP contribution >= 0.6 is 0 Å². The second kappa shape index (κ2) is 8.47. The van der Waals surface area contributed by atoms with Gasteiger partial charge in [-0.1, -0.05) is 44.2 Å². The first-order chi connectivity index (χ1) is 12.3. The van der Waals surface area contributed by atoms with Crippen molar-refractivity contribution in [3.63, 3.8) is 0 Å². The number of carboxylic acids is 1. The first-order valence-electron chi connectivity index (χ1n) is 8.25. The molecular weight excluding hydrogens is 337 g/mol. The van der Waals surface area contributed by atoms with Gasteiger partial charge in [-0.25, -0.2) is 9.18 Å². The Bertz CT molecular complexity index is 744. The minimum Gasteiger partial charge on any atom is -0.478 e. The predicted molar refractivity (Wildman–Crippen MR) is 95.4 cm³/mol. The summed E-state index contributed by atoms with van der Waals surface area (Å²) in [5.74, 6) is -1.71. The van der Waals surface area contributed by atoms with Crippen LogP contribution in [-0.4, -0.2) is 29.6 Å². The molecule has 1 amide bonds. The lowest BCUT2D eigenvalue weighted by Gasteiger charge is -2.25. The second-order valence-corrected chi connectivity index (χ2v) is 6.65. The minimum atomic E-state index is -1.27. The molecule has 0 fully saturated rings. The molecule has 0 bridgehead atoms. The molecule has 0 heterocycles. The fraction of sp³-hybridized carbons (Fsp3) is 0.300. The van der Waals surface area contributed by atoms with Crippen LogP contribution in [0.5, 0.6) is 5.75 Å². The van der Waals surface area contributed by atoms with Gasteiger partial charge in [0.15, 0.2) is 0 Å². The molecule has 0 saturated carbocycles. The van der Waals surface area contributed by atoms with E-state index in [0.717, 1.165) is 5.56 Å². The highest BCUT2D eigenvalue weighted by Crippen LogP contribution is 2.22. The van der Waals surface area contributed by atoms with Gasteiger partial charge in [0.25, 0.3) is 0 Å². The lowest BCUT2D eigenvalue weighted by atomic mass is 9.85. The number of amides is 1. The molecule has 0 radical (unpaired) electrons. The Balaban J connectivity index is 1.95. The maximum Gasteiger partial charge on any atom is 0.346 e. The number of halogens is 1. The molecule has 2 N–H and O–H groups in total. The third kappa shape index (κ3) is 5.58. The molecule has 0 aliphatic heterocycles. The van der Waals surface area contributed by atoms with Crippen molar-refractivity contribution in [2.24, 2.45) is 5.41 Å². The highest BCUT2D eigenvalue weighted by molar-refractivity contribution is 5.83. The number of carbonyl (C=O) groups is 2. The molecule has 2 aromatic rings. The minimum absolute atomic E-state index is 0.191. The van der Waals surface area contributed by atoms with Crippen molar-refractivity contribution in [1.82, 2.24) is 5.32 Å². The molecule has 2 aromatic carbocycles. The molecule has 26 heavy (non-hydrogen) atoms. The second-order valence-electron chi connectivity index (χ2n) is 6.65. The number of carboxylic acid groups (broad SMARTS) is 1. The van der Waals surface area contributed by atoms with Crippen molar-refractivity contribution < 1.29 is 23.8 Å². The average molecular weight is 359 g/mol. The van der Waals surface area contributed by atoms with Crippen LogP contribution in [0.1, 0.15) is 19.4 Å². The van der Waals surface area contributed by atoms with Gasteiger partial charge in [0, 0.05) is 5.41 Å². The fourth-order valence-corrected chi connectivity index (χ4v) is 2.47. The Morgan fingerprint density at radius 3 is 2.31 bits per heavy atom. The highest BCUT2D eigenvalue weighted by atomic mass is 19.1. The van der Waals surface area contributed by atoms with Crippen molar-refractivity contribution in [3.05, 3.63) is 66.0 Å². The summed E-state index contributed by atoms with van der Waals surface area (Å²) < 4.78 is 18.2. The first kappa shape index (κ1) is 19.4. The van der Waals surface area contributed by atoms with Crippen LogP contribution in [0.4, 0.5) is 4.39 Å². The van der Waals surface area contributed by atoms with E-state index in [4.69, 9.17) is 4.74 Å². The predicted octanol–water partition coefficient (Wildman–Crippen LogP) is 3.04. The normalized spacial score (nSPS) is 12.3. The molecule has 6 heteroatoms. The summed E-state index contributed by atoms with van der Waals surface area (Å²) in [7, 11) is 0. The molecular formula is C20H22FNO4. The van der Waals surface area contributed by atoms with E-state index in [1.165, 1.54) is 24.3 Å². The topological polar surface area (TPSA) is 75.6 Å². The first-order valence-corrected chi connectivity index (χ1v) is 8.25. The van der Waals surface area contributed by atoms with E-state index in [1.807, 2.05) is 30.3 Å². The number of hydrogen-bond acceptors (Lipinski definition) is 3. The number of aliphatic carboxylic acids is 1. The molecule has 0 aliphatic rings. The van der Waals surface area contributed by atoms with Crippen molar-refractivity contribution in [2.45, 2.75) is 26.4 Å². The van der Waals surface area contributed by atoms with Crippen LogP contribution in [0.15, 0.2) is 54.6 Å². The van der Waals surface area contributed by atoms with Crippen LogP contribution < -0.4 is 10.1 Å². The van der Waals surface area contributed by atoms with Gasteiger partial charge in [0.05, 0.1) is 6.54 Å². The number of carbonyl (C=O) groups excluding carboxylic acids is 1. The van der Waals surface area contributed by atoms with Crippen molar-refractivity contribution in [2.75, 3.05) is 6.54 Å². The van der Waals surface area contributed by atoms with Crippen LogP contribution in [0.25, 0.3) is 0 Å². The molecule has 138 valence electrons. The summed E-state index contributed by atoms with van der Waals surface area (Å²) in [6.45, 7) is 3.40. The van der Waals surface area contributed by atoms with E-state index in [-0.39, 0.29) is 18.2 Å². The summed E-state index contributed by atoms with van der Waals surface area (Å²) in [6.07, 6.45) is -0.743. The third-order valence-corrected chi connectivity index (χ3v) is 3.92. The zero-order valence-electron chi connectivity index (χ0n) is 14.7. The lowest BCUT2D eigenvalue weighted by Crippen LogP contribution is -2.45. The van der Waals surface area contributed by atoms with Crippen LogP contribution in [-0.2, 0) is 16.0 Å². The number of ether oxygens (including phenoxy) is 1. The lowest BCUT2D eigenvalue weighted by molar-refractivity contribution is -0.145. The van der Waals surface area contributed by atoms with Gasteiger partial charge >= 0.3 is 5.97 Å².